The standard InChI is InChI=1S/C17H16FN5O2/c1-10-7-20-17(24)13-9-21-23-5-4-15(22-16(13)23)19-8-11-6-12(18)2-3-14(11)25-10/h2-6,9-10H,7-8H2,1H3,(H,19,22)(H,20,24). The largest absolute Gasteiger partial charge is 0.489 e. The van der Waals surface area contributed by atoms with E-state index in [1.807, 2.05) is 6.92 Å². The van der Waals surface area contributed by atoms with Gasteiger partial charge in [-0.05, 0) is 31.2 Å². The number of carbonyl (C=O) groups is 1. The van der Waals surface area contributed by atoms with E-state index >= 15 is 0 Å². The molecule has 1 amide bonds. The van der Waals surface area contributed by atoms with Crippen LogP contribution >= 0.6 is 0 Å². The number of aromatic nitrogens is 3. The monoisotopic (exact) mass is 341 g/mol. The molecule has 0 spiro atoms. The van der Waals surface area contributed by atoms with E-state index in [1.54, 1.807) is 18.3 Å². The van der Waals surface area contributed by atoms with Crippen molar-refractivity contribution >= 4 is 17.4 Å². The van der Waals surface area contributed by atoms with Crippen molar-refractivity contribution in [1.29, 1.82) is 0 Å². The summed E-state index contributed by atoms with van der Waals surface area (Å²) < 4.78 is 21.0. The summed E-state index contributed by atoms with van der Waals surface area (Å²) in [5.41, 5.74) is 1.52. The molecule has 2 N–H and O–H groups in total. The number of halogens is 1. The Hall–Kier alpha value is -3.16. The van der Waals surface area contributed by atoms with E-state index in [0.29, 0.717) is 41.4 Å². The minimum atomic E-state index is -0.337. The van der Waals surface area contributed by atoms with Gasteiger partial charge in [0, 0.05) is 18.3 Å². The Morgan fingerprint density at radius 3 is 3.08 bits per heavy atom. The summed E-state index contributed by atoms with van der Waals surface area (Å²) >= 11 is 0. The number of anilines is 1. The molecule has 128 valence electrons. The molecule has 1 aliphatic rings. The summed E-state index contributed by atoms with van der Waals surface area (Å²) in [6.45, 7) is 2.49. The first-order valence-electron chi connectivity index (χ1n) is 7.92. The smallest absolute Gasteiger partial charge is 0.256 e. The van der Waals surface area contributed by atoms with Gasteiger partial charge in [0.15, 0.2) is 5.65 Å². The molecule has 0 saturated carbocycles. The Kier molecular flexibility index (Phi) is 3.72. The number of rotatable bonds is 0. The fourth-order valence-corrected chi connectivity index (χ4v) is 2.70. The second-order valence-corrected chi connectivity index (χ2v) is 5.88. The molecule has 0 fully saturated rings. The van der Waals surface area contributed by atoms with Crippen molar-refractivity contribution in [1.82, 2.24) is 19.9 Å². The SMILES string of the molecule is CC1CNC(=O)c2cnn3ccc(nc23)NCc2cc(F)ccc2O1. The van der Waals surface area contributed by atoms with Crippen molar-refractivity contribution in [3.8, 4) is 5.75 Å². The molecule has 8 heteroatoms. The average Bonchev–Trinajstić information content (AvgIpc) is 3.02. The summed E-state index contributed by atoms with van der Waals surface area (Å²) in [6.07, 6.45) is 2.92. The van der Waals surface area contributed by atoms with E-state index in [2.05, 4.69) is 20.7 Å². The molecule has 0 saturated heterocycles. The third-order valence-corrected chi connectivity index (χ3v) is 3.97. The predicted molar refractivity (Wildman–Crippen MR) is 89.1 cm³/mol. The third kappa shape index (κ3) is 2.98. The molecule has 1 aliphatic heterocycles. The number of nitrogens with zero attached hydrogens (tertiary/aromatic N) is 3. The Balaban J connectivity index is 1.77. The zero-order valence-corrected chi connectivity index (χ0v) is 13.5. The van der Waals surface area contributed by atoms with Crippen LogP contribution in [0.3, 0.4) is 0 Å². The lowest BCUT2D eigenvalue weighted by Crippen LogP contribution is -2.33. The molecule has 2 bridgehead atoms. The molecular weight excluding hydrogens is 325 g/mol. The number of carbonyl (C=O) groups excluding carboxylic acids is 1. The first-order valence-corrected chi connectivity index (χ1v) is 7.92. The topological polar surface area (TPSA) is 80.6 Å². The number of nitrogens with one attached hydrogen (secondary N) is 2. The summed E-state index contributed by atoms with van der Waals surface area (Å²) in [7, 11) is 0. The zero-order valence-electron chi connectivity index (χ0n) is 13.5. The minimum absolute atomic E-state index is 0.270. The van der Waals surface area contributed by atoms with E-state index in [1.165, 1.54) is 22.8 Å². The average molecular weight is 341 g/mol. The summed E-state index contributed by atoms with van der Waals surface area (Å²) in [5.74, 6) is 0.521. The second-order valence-electron chi connectivity index (χ2n) is 5.88. The summed E-state index contributed by atoms with van der Waals surface area (Å²) in [5, 5.41) is 10.1. The molecule has 2 aromatic heterocycles. The Morgan fingerprint density at radius 1 is 1.32 bits per heavy atom. The Bertz CT molecular complexity index is 955. The third-order valence-electron chi connectivity index (χ3n) is 3.97. The molecule has 0 radical (unpaired) electrons. The van der Waals surface area contributed by atoms with Crippen molar-refractivity contribution in [3.05, 3.63) is 53.6 Å². The highest BCUT2D eigenvalue weighted by molar-refractivity contribution is 5.99. The van der Waals surface area contributed by atoms with Crippen LogP contribution in [0.1, 0.15) is 22.8 Å². The van der Waals surface area contributed by atoms with Crippen LogP contribution < -0.4 is 15.4 Å². The lowest BCUT2D eigenvalue weighted by atomic mass is 10.2. The second kappa shape index (κ2) is 6.04. The lowest BCUT2D eigenvalue weighted by molar-refractivity contribution is 0.0933. The van der Waals surface area contributed by atoms with E-state index in [4.69, 9.17) is 4.74 Å². The van der Waals surface area contributed by atoms with Crippen molar-refractivity contribution in [2.45, 2.75) is 19.6 Å². The van der Waals surface area contributed by atoms with Gasteiger partial charge in [-0.3, -0.25) is 4.79 Å². The number of hydrogen-bond acceptors (Lipinski definition) is 5. The fraction of sp³-hybridized carbons (Fsp3) is 0.235. The quantitative estimate of drug-likeness (QED) is 0.654. The summed E-state index contributed by atoms with van der Waals surface area (Å²) in [4.78, 5) is 16.8. The molecule has 3 aromatic rings. The van der Waals surface area contributed by atoms with Crippen LogP contribution in [0.15, 0.2) is 36.7 Å². The molecule has 25 heavy (non-hydrogen) atoms. The molecular formula is C17H16FN5O2. The normalized spacial score (nSPS) is 17.5. The van der Waals surface area contributed by atoms with Crippen LogP contribution in [0, 0.1) is 5.82 Å². The van der Waals surface area contributed by atoms with Gasteiger partial charge in [0.2, 0.25) is 0 Å². The number of benzene rings is 1. The molecule has 7 nitrogen and oxygen atoms in total. The summed E-state index contributed by atoms with van der Waals surface area (Å²) in [6, 6.07) is 6.11. The van der Waals surface area contributed by atoms with Gasteiger partial charge in [-0.15, -0.1) is 0 Å². The van der Waals surface area contributed by atoms with Crippen LogP contribution in [0.4, 0.5) is 10.2 Å². The predicted octanol–water partition coefficient (Wildman–Crippen LogP) is 1.99. The van der Waals surface area contributed by atoms with E-state index < -0.39 is 0 Å². The van der Waals surface area contributed by atoms with Gasteiger partial charge in [-0.1, -0.05) is 0 Å². The minimum Gasteiger partial charge on any atom is -0.489 e. The first-order chi connectivity index (χ1) is 12.1. The molecule has 4 rings (SSSR count). The molecule has 1 unspecified atom stereocenters. The van der Waals surface area contributed by atoms with Gasteiger partial charge in [0.1, 0.15) is 29.1 Å². The van der Waals surface area contributed by atoms with Gasteiger partial charge >= 0.3 is 0 Å². The number of amides is 1. The lowest BCUT2D eigenvalue weighted by Gasteiger charge is -2.18. The van der Waals surface area contributed by atoms with Crippen molar-refractivity contribution in [3.63, 3.8) is 0 Å². The van der Waals surface area contributed by atoms with Crippen LogP contribution in [0.2, 0.25) is 0 Å². The van der Waals surface area contributed by atoms with Gasteiger partial charge < -0.3 is 15.4 Å². The molecule has 1 aromatic carbocycles. The van der Waals surface area contributed by atoms with Gasteiger partial charge in [-0.25, -0.2) is 13.9 Å². The number of ether oxygens (including phenoxy) is 1. The van der Waals surface area contributed by atoms with Crippen LogP contribution in [0.25, 0.3) is 5.65 Å². The van der Waals surface area contributed by atoms with Crippen LogP contribution in [-0.4, -0.2) is 33.2 Å². The van der Waals surface area contributed by atoms with Crippen LogP contribution in [0.5, 0.6) is 5.75 Å². The van der Waals surface area contributed by atoms with Gasteiger partial charge in [0.05, 0.1) is 12.7 Å². The molecule has 1 atom stereocenters. The van der Waals surface area contributed by atoms with E-state index in [-0.39, 0.29) is 17.8 Å². The highest BCUT2D eigenvalue weighted by Gasteiger charge is 2.17. The maximum atomic E-state index is 13.6. The van der Waals surface area contributed by atoms with Crippen molar-refractivity contribution in [2.24, 2.45) is 0 Å². The van der Waals surface area contributed by atoms with Gasteiger partial charge in [0.25, 0.3) is 5.91 Å². The van der Waals surface area contributed by atoms with E-state index in [9.17, 15) is 9.18 Å². The van der Waals surface area contributed by atoms with E-state index in [0.717, 1.165) is 0 Å². The maximum Gasteiger partial charge on any atom is 0.256 e. The van der Waals surface area contributed by atoms with Crippen LogP contribution in [-0.2, 0) is 6.54 Å². The first kappa shape index (κ1) is 15.4. The van der Waals surface area contributed by atoms with Gasteiger partial charge in [-0.2, -0.15) is 5.10 Å². The fourth-order valence-electron chi connectivity index (χ4n) is 2.70. The number of hydrogen-bond donors (Lipinski definition) is 2. The van der Waals surface area contributed by atoms with Crippen molar-refractivity contribution in [2.75, 3.05) is 11.9 Å². The molecule has 3 heterocycles. The highest BCUT2D eigenvalue weighted by Crippen LogP contribution is 2.23. The number of fused-ring (bicyclic) bond motifs is 2. The Labute approximate surface area is 142 Å². The van der Waals surface area contributed by atoms with Crippen molar-refractivity contribution < 1.29 is 13.9 Å². The maximum absolute atomic E-state index is 13.6. The zero-order chi connectivity index (χ0) is 17.4. The highest BCUT2D eigenvalue weighted by atomic mass is 19.1. The Morgan fingerprint density at radius 2 is 2.20 bits per heavy atom. The molecule has 0 aliphatic carbocycles.